The topological polar surface area (TPSA) is 60.1 Å². The second-order valence-electron chi connectivity index (χ2n) is 4.14. The van der Waals surface area contributed by atoms with E-state index in [4.69, 9.17) is 5.73 Å². The molecule has 1 heterocycles. The van der Waals surface area contributed by atoms with Crippen LogP contribution in [0.1, 0.15) is 16.1 Å². The van der Waals surface area contributed by atoms with Gasteiger partial charge >= 0.3 is 0 Å². The average molecular weight is 231 g/mol. The van der Waals surface area contributed by atoms with Crippen molar-refractivity contribution in [1.82, 2.24) is 9.88 Å². The van der Waals surface area contributed by atoms with Crippen LogP contribution in [-0.4, -0.2) is 23.6 Å². The molecule has 0 aliphatic carbocycles. The number of aryl methyl sites for hydroxylation is 2. The molecule has 1 amide bonds. The van der Waals surface area contributed by atoms with Crippen molar-refractivity contribution < 1.29 is 4.79 Å². The van der Waals surface area contributed by atoms with Crippen LogP contribution in [0.5, 0.6) is 0 Å². The molecule has 3 N–H and O–H groups in total. The van der Waals surface area contributed by atoms with E-state index in [1.807, 2.05) is 42.8 Å². The standard InChI is InChI=1S/C13H17N3O/c1-9-4-3-5-11-10(9)8-12(16(11)2)13(17)15-7-6-14/h3-5,8H,6-7,14H2,1-2H3,(H,15,17). The molecule has 0 aliphatic rings. The fourth-order valence-corrected chi connectivity index (χ4v) is 2.00. The number of rotatable bonds is 3. The number of amides is 1. The lowest BCUT2D eigenvalue weighted by atomic mass is 10.1. The molecule has 1 aromatic carbocycles. The van der Waals surface area contributed by atoms with E-state index in [0.29, 0.717) is 18.8 Å². The lowest BCUT2D eigenvalue weighted by Crippen LogP contribution is -2.30. The van der Waals surface area contributed by atoms with Crippen LogP contribution in [0.3, 0.4) is 0 Å². The van der Waals surface area contributed by atoms with Crippen LogP contribution in [0.2, 0.25) is 0 Å². The zero-order valence-corrected chi connectivity index (χ0v) is 10.2. The van der Waals surface area contributed by atoms with Gasteiger partial charge in [0.15, 0.2) is 0 Å². The molecule has 0 spiro atoms. The Morgan fingerprint density at radius 2 is 2.24 bits per heavy atom. The van der Waals surface area contributed by atoms with Gasteiger partial charge in [0.2, 0.25) is 0 Å². The quantitative estimate of drug-likeness (QED) is 0.833. The molecule has 0 fully saturated rings. The van der Waals surface area contributed by atoms with E-state index in [9.17, 15) is 4.79 Å². The van der Waals surface area contributed by atoms with Gasteiger partial charge in [0, 0.05) is 31.0 Å². The molecule has 0 saturated carbocycles. The Labute approximate surface area is 100 Å². The van der Waals surface area contributed by atoms with Gasteiger partial charge in [-0.3, -0.25) is 4.79 Å². The van der Waals surface area contributed by atoms with Gasteiger partial charge in [-0.15, -0.1) is 0 Å². The lowest BCUT2D eigenvalue weighted by Gasteiger charge is -2.04. The third-order valence-corrected chi connectivity index (χ3v) is 2.97. The van der Waals surface area contributed by atoms with Gasteiger partial charge in [-0.25, -0.2) is 0 Å². The summed E-state index contributed by atoms with van der Waals surface area (Å²) in [4.78, 5) is 11.9. The predicted molar refractivity (Wildman–Crippen MR) is 69.0 cm³/mol. The van der Waals surface area contributed by atoms with Crippen LogP contribution in [0.15, 0.2) is 24.3 Å². The summed E-state index contributed by atoms with van der Waals surface area (Å²) in [6.07, 6.45) is 0. The van der Waals surface area contributed by atoms with Crippen LogP contribution >= 0.6 is 0 Å². The number of carbonyl (C=O) groups is 1. The van der Waals surface area contributed by atoms with Crippen molar-refractivity contribution in [2.45, 2.75) is 6.92 Å². The number of nitrogens with one attached hydrogen (secondary N) is 1. The molecular weight excluding hydrogens is 214 g/mol. The minimum absolute atomic E-state index is 0.0754. The van der Waals surface area contributed by atoms with Gasteiger partial charge in [-0.05, 0) is 24.6 Å². The summed E-state index contributed by atoms with van der Waals surface area (Å²) in [5.41, 5.74) is 8.29. The lowest BCUT2D eigenvalue weighted by molar-refractivity contribution is 0.0947. The van der Waals surface area contributed by atoms with Crippen LogP contribution in [0, 0.1) is 6.92 Å². The minimum Gasteiger partial charge on any atom is -0.349 e. The number of aromatic nitrogens is 1. The van der Waals surface area contributed by atoms with Crippen LogP contribution in [-0.2, 0) is 7.05 Å². The van der Waals surface area contributed by atoms with E-state index in [1.54, 1.807) is 0 Å². The number of nitrogens with zero attached hydrogens (tertiary/aromatic N) is 1. The smallest absolute Gasteiger partial charge is 0.267 e. The van der Waals surface area contributed by atoms with Gasteiger partial charge < -0.3 is 15.6 Å². The Kier molecular flexibility index (Phi) is 3.15. The summed E-state index contributed by atoms with van der Waals surface area (Å²) in [6.45, 7) is 3.00. The van der Waals surface area contributed by atoms with Crippen molar-refractivity contribution in [1.29, 1.82) is 0 Å². The largest absolute Gasteiger partial charge is 0.349 e. The highest BCUT2D eigenvalue weighted by atomic mass is 16.1. The molecule has 4 nitrogen and oxygen atoms in total. The van der Waals surface area contributed by atoms with Crippen LogP contribution in [0.25, 0.3) is 10.9 Å². The first-order valence-corrected chi connectivity index (χ1v) is 5.68. The number of fused-ring (bicyclic) bond motifs is 1. The maximum absolute atomic E-state index is 11.9. The molecule has 0 saturated heterocycles. The Hall–Kier alpha value is -1.81. The zero-order valence-electron chi connectivity index (χ0n) is 10.2. The van der Waals surface area contributed by atoms with Crippen molar-refractivity contribution in [3.05, 3.63) is 35.5 Å². The van der Waals surface area contributed by atoms with Crippen LogP contribution in [0.4, 0.5) is 0 Å². The molecule has 0 unspecified atom stereocenters. The summed E-state index contributed by atoms with van der Waals surface area (Å²) >= 11 is 0. The van der Waals surface area contributed by atoms with Gasteiger partial charge in [0.25, 0.3) is 5.91 Å². The fraction of sp³-hybridized carbons (Fsp3) is 0.308. The van der Waals surface area contributed by atoms with Gasteiger partial charge in [0.05, 0.1) is 0 Å². The predicted octanol–water partition coefficient (Wildman–Crippen LogP) is 1.18. The van der Waals surface area contributed by atoms with Crippen molar-refractivity contribution in [2.75, 3.05) is 13.1 Å². The molecule has 90 valence electrons. The van der Waals surface area contributed by atoms with Crippen molar-refractivity contribution in [3.63, 3.8) is 0 Å². The first-order valence-electron chi connectivity index (χ1n) is 5.68. The van der Waals surface area contributed by atoms with Crippen molar-refractivity contribution >= 4 is 16.8 Å². The van der Waals surface area contributed by atoms with Gasteiger partial charge in [0.1, 0.15) is 5.69 Å². The average Bonchev–Trinajstić information content (AvgIpc) is 2.66. The van der Waals surface area contributed by atoms with E-state index >= 15 is 0 Å². The summed E-state index contributed by atoms with van der Waals surface area (Å²) in [7, 11) is 1.90. The maximum atomic E-state index is 11.9. The highest BCUT2D eigenvalue weighted by molar-refractivity contribution is 5.99. The van der Waals surface area contributed by atoms with E-state index in [1.165, 1.54) is 5.56 Å². The molecular formula is C13H17N3O. The molecule has 1 aromatic heterocycles. The normalized spacial score (nSPS) is 10.8. The highest BCUT2D eigenvalue weighted by Crippen LogP contribution is 2.21. The first kappa shape index (κ1) is 11.7. The number of carbonyl (C=O) groups excluding carboxylic acids is 1. The summed E-state index contributed by atoms with van der Waals surface area (Å²) in [5, 5.41) is 3.90. The molecule has 4 heteroatoms. The Morgan fingerprint density at radius 1 is 1.47 bits per heavy atom. The Morgan fingerprint density at radius 3 is 2.88 bits per heavy atom. The maximum Gasteiger partial charge on any atom is 0.267 e. The van der Waals surface area contributed by atoms with Crippen molar-refractivity contribution in [2.24, 2.45) is 12.8 Å². The zero-order chi connectivity index (χ0) is 12.4. The van der Waals surface area contributed by atoms with Crippen LogP contribution < -0.4 is 11.1 Å². The van der Waals surface area contributed by atoms with Gasteiger partial charge in [-0.1, -0.05) is 12.1 Å². The molecule has 2 aromatic rings. The van der Waals surface area contributed by atoms with E-state index < -0.39 is 0 Å². The van der Waals surface area contributed by atoms with Crippen molar-refractivity contribution in [3.8, 4) is 0 Å². The van der Waals surface area contributed by atoms with E-state index in [0.717, 1.165) is 10.9 Å². The monoisotopic (exact) mass is 231 g/mol. The van der Waals surface area contributed by atoms with Gasteiger partial charge in [-0.2, -0.15) is 0 Å². The number of hydrogen-bond donors (Lipinski definition) is 2. The highest BCUT2D eigenvalue weighted by Gasteiger charge is 2.13. The van der Waals surface area contributed by atoms with E-state index in [-0.39, 0.29) is 5.91 Å². The SMILES string of the molecule is Cc1cccc2c1cc(C(=O)NCCN)n2C. The molecule has 0 bridgehead atoms. The first-order chi connectivity index (χ1) is 8.15. The molecule has 17 heavy (non-hydrogen) atoms. The number of nitrogens with two attached hydrogens (primary N) is 1. The Bertz CT molecular complexity index is 557. The fourth-order valence-electron chi connectivity index (χ4n) is 2.00. The molecule has 2 rings (SSSR count). The summed E-state index contributed by atoms with van der Waals surface area (Å²) in [6, 6.07) is 7.99. The minimum atomic E-state index is -0.0754. The second-order valence-corrected chi connectivity index (χ2v) is 4.14. The third kappa shape index (κ3) is 2.03. The second kappa shape index (κ2) is 4.59. The summed E-state index contributed by atoms with van der Waals surface area (Å²) in [5.74, 6) is -0.0754. The Balaban J connectivity index is 2.45. The molecule has 0 aliphatic heterocycles. The summed E-state index contributed by atoms with van der Waals surface area (Å²) < 4.78 is 1.91. The third-order valence-electron chi connectivity index (χ3n) is 2.97. The molecule has 0 radical (unpaired) electrons. The van der Waals surface area contributed by atoms with E-state index in [2.05, 4.69) is 5.32 Å². The number of benzene rings is 1. The number of hydrogen-bond acceptors (Lipinski definition) is 2. The molecule has 0 atom stereocenters.